The summed E-state index contributed by atoms with van der Waals surface area (Å²) in [5.74, 6) is 0. The zero-order chi connectivity index (χ0) is 21.8. The van der Waals surface area contributed by atoms with Crippen molar-refractivity contribution in [2.75, 3.05) is 0 Å². The Hall–Kier alpha value is -4.43. The van der Waals surface area contributed by atoms with Gasteiger partial charge in [-0.05, 0) is 56.3 Å². The number of fused-ring (bicyclic) bond motifs is 6. The van der Waals surface area contributed by atoms with Gasteiger partial charge in [0.25, 0.3) is 0 Å². The monoisotopic (exact) mass is 421 g/mol. The van der Waals surface area contributed by atoms with E-state index in [1.807, 2.05) is 18.2 Å². The Balaban J connectivity index is 1.59. The van der Waals surface area contributed by atoms with Crippen LogP contribution < -0.4 is 0 Å². The molecule has 0 aliphatic carbocycles. The first-order valence-corrected chi connectivity index (χ1v) is 11.2. The highest BCUT2D eigenvalue weighted by molar-refractivity contribution is 6.23. The van der Waals surface area contributed by atoms with E-state index in [1.165, 1.54) is 38.1 Å². The number of hydrogen-bond acceptors (Lipinski definition) is 2. The van der Waals surface area contributed by atoms with Crippen LogP contribution in [-0.4, -0.2) is 5.16 Å². The third-order valence-corrected chi connectivity index (χ3v) is 6.57. The van der Waals surface area contributed by atoms with Crippen molar-refractivity contribution >= 4 is 43.3 Å². The Labute approximate surface area is 190 Å². The van der Waals surface area contributed by atoms with Crippen molar-refractivity contribution in [3.63, 3.8) is 0 Å². The maximum absolute atomic E-state index is 6.04. The molecule has 1 aromatic heterocycles. The normalized spacial score (nSPS) is 11.6. The van der Waals surface area contributed by atoms with Crippen molar-refractivity contribution in [1.82, 2.24) is 5.16 Å². The van der Waals surface area contributed by atoms with Gasteiger partial charge in [0, 0.05) is 10.9 Å². The summed E-state index contributed by atoms with van der Waals surface area (Å²) in [4.78, 5) is 0. The Morgan fingerprint density at radius 3 is 2.09 bits per heavy atom. The molecule has 0 unspecified atom stereocenters. The highest BCUT2D eigenvalue weighted by Gasteiger charge is 2.17. The molecule has 0 radical (unpaired) electrons. The van der Waals surface area contributed by atoms with Gasteiger partial charge in [0.2, 0.25) is 0 Å². The summed E-state index contributed by atoms with van der Waals surface area (Å²) in [7, 11) is 0. The lowest BCUT2D eigenvalue weighted by Crippen LogP contribution is -1.86. The van der Waals surface area contributed by atoms with Crippen molar-refractivity contribution in [2.45, 2.75) is 0 Å². The van der Waals surface area contributed by atoms with Gasteiger partial charge in [0.05, 0.1) is 5.39 Å². The molecule has 0 saturated heterocycles. The van der Waals surface area contributed by atoms with E-state index < -0.39 is 0 Å². The number of nitrogens with zero attached hydrogens (tertiary/aromatic N) is 1. The molecule has 1 heterocycles. The summed E-state index contributed by atoms with van der Waals surface area (Å²) in [6.45, 7) is 0. The second-order valence-corrected chi connectivity index (χ2v) is 8.47. The van der Waals surface area contributed by atoms with Crippen molar-refractivity contribution in [1.29, 1.82) is 0 Å². The smallest absolute Gasteiger partial charge is 0.175 e. The molecule has 0 saturated carbocycles. The summed E-state index contributed by atoms with van der Waals surface area (Å²) >= 11 is 0. The largest absolute Gasteiger partial charge is 0.355 e. The zero-order valence-corrected chi connectivity index (χ0v) is 17.8. The molecule has 7 aromatic rings. The van der Waals surface area contributed by atoms with Crippen LogP contribution in [0.5, 0.6) is 0 Å². The Kier molecular flexibility index (Phi) is 3.88. The lowest BCUT2D eigenvalue weighted by molar-refractivity contribution is 0.462. The van der Waals surface area contributed by atoms with Crippen LogP contribution in [0.3, 0.4) is 0 Å². The van der Waals surface area contributed by atoms with Crippen molar-refractivity contribution < 1.29 is 4.52 Å². The minimum absolute atomic E-state index is 0.838. The van der Waals surface area contributed by atoms with Crippen LogP contribution in [0.1, 0.15) is 0 Å². The lowest BCUT2D eigenvalue weighted by Gasteiger charge is -2.12. The van der Waals surface area contributed by atoms with Gasteiger partial charge in [-0.1, -0.05) is 102 Å². The van der Waals surface area contributed by atoms with Gasteiger partial charge in [-0.2, -0.15) is 0 Å². The van der Waals surface area contributed by atoms with Crippen LogP contribution in [0, 0.1) is 0 Å². The second kappa shape index (κ2) is 7.04. The standard InChI is InChI=1S/C31H19NO/c1-2-9-21(10-3-1)30-27-17-16-26-28(24-15-14-20-8-4-5-11-22(20)18-24)19-23-12-6-7-13-25(23)29(26)31(27)33-32-30/h1-19H. The van der Waals surface area contributed by atoms with E-state index in [1.54, 1.807) is 0 Å². The molecular formula is C31H19NO. The van der Waals surface area contributed by atoms with Gasteiger partial charge in [0.15, 0.2) is 5.58 Å². The highest BCUT2D eigenvalue weighted by Crippen LogP contribution is 2.41. The van der Waals surface area contributed by atoms with E-state index in [4.69, 9.17) is 4.52 Å². The minimum atomic E-state index is 0.838. The maximum Gasteiger partial charge on any atom is 0.175 e. The molecule has 0 amide bonds. The predicted molar refractivity (Wildman–Crippen MR) is 137 cm³/mol. The molecule has 0 N–H and O–H groups in total. The lowest BCUT2D eigenvalue weighted by atomic mass is 9.91. The van der Waals surface area contributed by atoms with E-state index >= 15 is 0 Å². The Morgan fingerprint density at radius 1 is 0.485 bits per heavy atom. The molecule has 0 fully saturated rings. The average molecular weight is 421 g/mol. The zero-order valence-electron chi connectivity index (χ0n) is 17.8. The van der Waals surface area contributed by atoms with Crippen molar-refractivity contribution in [3.8, 4) is 22.4 Å². The number of aromatic nitrogens is 1. The first kappa shape index (κ1) is 18.2. The number of hydrogen-bond donors (Lipinski definition) is 0. The molecule has 33 heavy (non-hydrogen) atoms. The molecule has 0 bridgehead atoms. The summed E-state index contributed by atoms with van der Waals surface area (Å²) in [5, 5.41) is 12.7. The van der Waals surface area contributed by atoms with Gasteiger partial charge >= 0.3 is 0 Å². The minimum Gasteiger partial charge on any atom is -0.355 e. The fourth-order valence-corrected chi connectivity index (χ4v) is 4.98. The first-order valence-electron chi connectivity index (χ1n) is 11.2. The molecule has 2 heteroatoms. The quantitative estimate of drug-likeness (QED) is 0.261. The van der Waals surface area contributed by atoms with Gasteiger partial charge in [-0.3, -0.25) is 0 Å². The number of rotatable bonds is 2. The van der Waals surface area contributed by atoms with E-state index in [9.17, 15) is 0 Å². The second-order valence-electron chi connectivity index (χ2n) is 8.47. The van der Waals surface area contributed by atoms with Gasteiger partial charge < -0.3 is 4.52 Å². The van der Waals surface area contributed by atoms with Crippen LogP contribution in [0.25, 0.3) is 65.7 Å². The van der Waals surface area contributed by atoms with Crippen LogP contribution >= 0.6 is 0 Å². The molecule has 6 aromatic carbocycles. The summed E-state index contributed by atoms with van der Waals surface area (Å²) in [6.07, 6.45) is 0. The van der Waals surface area contributed by atoms with E-state index in [0.29, 0.717) is 0 Å². The molecule has 7 rings (SSSR count). The molecular weight excluding hydrogens is 402 g/mol. The van der Waals surface area contributed by atoms with E-state index in [2.05, 4.69) is 102 Å². The Bertz CT molecular complexity index is 1810. The summed E-state index contributed by atoms with van der Waals surface area (Å²) in [5.41, 5.74) is 5.18. The summed E-state index contributed by atoms with van der Waals surface area (Å²) in [6, 6.07) is 40.6. The maximum atomic E-state index is 6.04. The fourth-order valence-electron chi connectivity index (χ4n) is 4.98. The molecule has 154 valence electrons. The molecule has 0 spiro atoms. The molecule has 0 aliphatic heterocycles. The van der Waals surface area contributed by atoms with E-state index in [-0.39, 0.29) is 0 Å². The van der Waals surface area contributed by atoms with Crippen LogP contribution in [0.2, 0.25) is 0 Å². The Morgan fingerprint density at radius 2 is 1.21 bits per heavy atom. The fraction of sp³-hybridized carbons (Fsp3) is 0. The van der Waals surface area contributed by atoms with Gasteiger partial charge in [0.1, 0.15) is 5.69 Å². The van der Waals surface area contributed by atoms with Crippen LogP contribution in [0.15, 0.2) is 120 Å². The SMILES string of the molecule is c1ccc(-c2noc3c2ccc2c(-c4ccc5ccccc5c4)cc4ccccc4c23)cc1. The van der Waals surface area contributed by atoms with Crippen molar-refractivity contribution in [3.05, 3.63) is 115 Å². The van der Waals surface area contributed by atoms with Crippen LogP contribution in [0.4, 0.5) is 0 Å². The highest BCUT2D eigenvalue weighted by atomic mass is 16.5. The first-order chi connectivity index (χ1) is 16.4. The molecule has 0 atom stereocenters. The van der Waals surface area contributed by atoms with Crippen molar-refractivity contribution in [2.24, 2.45) is 0 Å². The van der Waals surface area contributed by atoms with Crippen LogP contribution in [-0.2, 0) is 0 Å². The predicted octanol–water partition coefficient (Wildman–Crippen LogP) is 8.62. The van der Waals surface area contributed by atoms with E-state index in [0.717, 1.165) is 27.6 Å². The third kappa shape index (κ3) is 2.78. The molecule has 2 nitrogen and oxygen atoms in total. The topological polar surface area (TPSA) is 26.0 Å². The molecule has 0 aliphatic rings. The number of benzene rings is 6. The van der Waals surface area contributed by atoms with Gasteiger partial charge in [-0.15, -0.1) is 0 Å². The average Bonchev–Trinajstić information content (AvgIpc) is 3.33. The third-order valence-electron chi connectivity index (χ3n) is 6.57. The summed E-state index contributed by atoms with van der Waals surface area (Å²) < 4.78 is 6.04. The van der Waals surface area contributed by atoms with Gasteiger partial charge in [-0.25, -0.2) is 0 Å².